The third-order valence-electron chi connectivity index (χ3n) is 3.69. The maximum Gasteiger partial charge on any atom is 0.338 e. The maximum atomic E-state index is 11.6. The van der Waals surface area contributed by atoms with Crippen molar-refractivity contribution in [2.75, 3.05) is 0 Å². The van der Waals surface area contributed by atoms with E-state index in [0.717, 1.165) is 16.8 Å². The first-order chi connectivity index (χ1) is 10.1. The van der Waals surface area contributed by atoms with Gasteiger partial charge in [0, 0.05) is 17.6 Å². The predicted molar refractivity (Wildman–Crippen MR) is 84.2 cm³/mol. The van der Waals surface area contributed by atoms with Crippen molar-refractivity contribution in [2.45, 2.75) is 13.5 Å². The van der Waals surface area contributed by atoms with Crippen LogP contribution in [0.25, 0.3) is 10.9 Å². The zero-order valence-corrected chi connectivity index (χ0v) is 12.3. The lowest BCUT2D eigenvalue weighted by molar-refractivity contribution is 0.0698. The summed E-state index contributed by atoms with van der Waals surface area (Å²) in [5.74, 6) is -0.924. The second-order valence-corrected chi connectivity index (χ2v) is 5.38. The summed E-state index contributed by atoms with van der Waals surface area (Å²) in [5.41, 5.74) is 2.92. The summed E-state index contributed by atoms with van der Waals surface area (Å²) < 4.78 is 1.97. The van der Waals surface area contributed by atoms with E-state index in [1.165, 1.54) is 0 Å². The van der Waals surface area contributed by atoms with E-state index in [2.05, 4.69) is 0 Å². The Labute approximate surface area is 127 Å². The van der Waals surface area contributed by atoms with Gasteiger partial charge in [0.25, 0.3) is 0 Å². The Kier molecular flexibility index (Phi) is 3.43. The second kappa shape index (κ2) is 5.26. The molecule has 21 heavy (non-hydrogen) atoms. The van der Waals surface area contributed by atoms with Crippen LogP contribution < -0.4 is 0 Å². The van der Waals surface area contributed by atoms with Crippen LogP contribution in [0.15, 0.2) is 48.5 Å². The summed E-state index contributed by atoms with van der Waals surface area (Å²) in [4.78, 5) is 11.6. The molecule has 1 N–H and O–H groups in total. The van der Waals surface area contributed by atoms with Gasteiger partial charge in [-0.15, -0.1) is 0 Å². The van der Waals surface area contributed by atoms with Crippen LogP contribution in [0.5, 0.6) is 0 Å². The van der Waals surface area contributed by atoms with E-state index in [9.17, 15) is 9.90 Å². The highest BCUT2D eigenvalue weighted by Gasteiger charge is 2.20. The number of halogens is 1. The van der Waals surface area contributed by atoms with Gasteiger partial charge in [0.2, 0.25) is 0 Å². The zero-order chi connectivity index (χ0) is 15.0. The van der Waals surface area contributed by atoms with E-state index in [-0.39, 0.29) is 0 Å². The highest BCUT2D eigenvalue weighted by Crippen LogP contribution is 2.31. The minimum atomic E-state index is -0.924. The van der Waals surface area contributed by atoms with Crippen molar-refractivity contribution in [1.29, 1.82) is 0 Å². The van der Waals surface area contributed by atoms with Crippen LogP contribution in [0.1, 0.15) is 21.6 Å². The summed E-state index contributed by atoms with van der Waals surface area (Å²) >= 11 is 6.30. The van der Waals surface area contributed by atoms with E-state index in [4.69, 9.17) is 11.6 Å². The van der Waals surface area contributed by atoms with Crippen molar-refractivity contribution < 1.29 is 9.90 Å². The van der Waals surface area contributed by atoms with Crippen LogP contribution in [-0.2, 0) is 6.54 Å². The first-order valence-electron chi connectivity index (χ1n) is 6.64. The average molecular weight is 300 g/mol. The molecule has 0 atom stereocenters. The summed E-state index contributed by atoms with van der Waals surface area (Å²) in [6.07, 6.45) is 0. The lowest BCUT2D eigenvalue weighted by Crippen LogP contribution is -2.04. The Hall–Kier alpha value is -2.26. The number of carboxylic acids is 1. The largest absolute Gasteiger partial charge is 0.478 e. The summed E-state index contributed by atoms with van der Waals surface area (Å²) in [5, 5.41) is 10.7. The number of aromatic carboxylic acids is 1. The van der Waals surface area contributed by atoms with Crippen LogP contribution in [0.3, 0.4) is 0 Å². The Morgan fingerprint density at radius 2 is 1.86 bits per heavy atom. The Bertz CT molecular complexity index is 822. The van der Waals surface area contributed by atoms with Crippen molar-refractivity contribution in [2.24, 2.45) is 0 Å². The van der Waals surface area contributed by atoms with Gasteiger partial charge in [0.1, 0.15) is 0 Å². The first-order valence-corrected chi connectivity index (χ1v) is 7.02. The van der Waals surface area contributed by atoms with Crippen molar-refractivity contribution >= 4 is 28.5 Å². The molecule has 0 saturated carbocycles. The third kappa shape index (κ3) is 2.30. The fourth-order valence-electron chi connectivity index (χ4n) is 2.72. The topological polar surface area (TPSA) is 42.2 Å². The second-order valence-electron chi connectivity index (χ2n) is 4.97. The smallest absolute Gasteiger partial charge is 0.338 e. The van der Waals surface area contributed by atoms with E-state index in [1.807, 2.05) is 41.8 Å². The molecule has 0 amide bonds. The molecule has 3 aromatic rings. The molecule has 3 rings (SSSR count). The van der Waals surface area contributed by atoms with Crippen LogP contribution >= 0.6 is 11.6 Å². The predicted octanol–water partition coefficient (Wildman–Crippen LogP) is 4.35. The summed E-state index contributed by atoms with van der Waals surface area (Å²) in [6.45, 7) is 2.42. The number of aromatic nitrogens is 1. The molecule has 0 aliphatic rings. The van der Waals surface area contributed by atoms with E-state index >= 15 is 0 Å². The normalized spacial score (nSPS) is 11.0. The van der Waals surface area contributed by atoms with Crippen LogP contribution in [-0.4, -0.2) is 15.6 Å². The molecule has 2 aromatic carbocycles. The molecule has 3 nitrogen and oxygen atoms in total. The van der Waals surface area contributed by atoms with Gasteiger partial charge in [-0.05, 0) is 18.6 Å². The molecule has 0 bridgehead atoms. The van der Waals surface area contributed by atoms with Crippen molar-refractivity contribution in [3.05, 3.63) is 70.4 Å². The molecule has 106 valence electrons. The number of benzene rings is 2. The maximum absolute atomic E-state index is 11.6. The number of rotatable bonds is 3. The minimum absolute atomic E-state index is 0.323. The number of nitrogens with zero attached hydrogens (tertiary/aromatic N) is 1. The van der Waals surface area contributed by atoms with Gasteiger partial charge in [-0.3, -0.25) is 0 Å². The average Bonchev–Trinajstić information content (AvgIpc) is 2.74. The molecule has 1 aromatic heterocycles. The number of carbonyl (C=O) groups is 1. The zero-order valence-electron chi connectivity index (χ0n) is 11.5. The van der Waals surface area contributed by atoms with Gasteiger partial charge in [-0.2, -0.15) is 0 Å². The highest BCUT2D eigenvalue weighted by atomic mass is 35.5. The van der Waals surface area contributed by atoms with Crippen molar-refractivity contribution in [3.63, 3.8) is 0 Å². The minimum Gasteiger partial charge on any atom is -0.478 e. The van der Waals surface area contributed by atoms with Crippen LogP contribution in [0.2, 0.25) is 5.02 Å². The standard InChI is InChI=1S/C17H14ClNO2/c1-11-15(17(20)21)13-8-5-9-14(18)16(13)19(11)10-12-6-3-2-4-7-12/h2-9H,10H2,1H3,(H,20,21). The highest BCUT2D eigenvalue weighted by molar-refractivity contribution is 6.35. The molecule has 4 heteroatoms. The number of fused-ring (bicyclic) bond motifs is 1. The van der Waals surface area contributed by atoms with Gasteiger partial charge in [0.15, 0.2) is 0 Å². The molecule has 0 unspecified atom stereocenters. The third-order valence-corrected chi connectivity index (χ3v) is 4.00. The lowest BCUT2D eigenvalue weighted by Gasteiger charge is -2.09. The lowest BCUT2D eigenvalue weighted by atomic mass is 10.1. The molecule has 0 radical (unpaired) electrons. The van der Waals surface area contributed by atoms with Crippen LogP contribution in [0, 0.1) is 6.92 Å². The summed E-state index contributed by atoms with van der Waals surface area (Å²) in [6, 6.07) is 15.3. The molecule has 1 heterocycles. The number of carboxylic acid groups (broad SMARTS) is 1. The molecule has 0 saturated heterocycles. The van der Waals surface area contributed by atoms with Crippen molar-refractivity contribution in [1.82, 2.24) is 4.57 Å². The molecular formula is C17H14ClNO2. The van der Waals surface area contributed by atoms with E-state index in [0.29, 0.717) is 22.5 Å². The van der Waals surface area contributed by atoms with Gasteiger partial charge in [0.05, 0.1) is 16.1 Å². The van der Waals surface area contributed by atoms with Gasteiger partial charge in [-0.1, -0.05) is 54.1 Å². The summed E-state index contributed by atoms with van der Waals surface area (Å²) in [7, 11) is 0. The van der Waals surface area contributed by atoms with Gasteiger partial charge < -0.3 is 9.67 Å². The SMILES string of the molecule is Cc1c(C(=O)O)c2cccc(Cl)c2n1Cc1ccccc1. The van der Waals surface area contributed by atoms with Crippen molar-refractivity contribution in [3.8, 4) is 0 Å². The van der Waals surface area contributed by atoms with E-state index in [1.54, 1.807) is 18.2 Å². The number of para-hydroxylation sites is 1. The van der Waals surface area contributed by atoms with Crippen LogP contribution in [0.4, 0.5) is 0 Å². The quantitative estimate of drug-likeness (QED) is 0.781. The first kappa shape index (κ1) is 13.7. The molecule has 0 aliphatic heterocycles. The number of hydrogen-bond donors (Lipinski definition) is 1. The monoisotopic (exact) mass is 299 g/mol. The molecule has 0 fully saturated rings. The Morgan fingerprint density at radius 3 is 2.52 bits per heavy atom. The van der Waals surface area contributed by atoms with E-state index < -0.39 is 5.97 Å². The Morgan fingerprint density at radius 1 is 1.14 bits per heavy atom. The van der Waals surface area contributed by atoms with Gasteiger partial charge in [-0.25, -0.2) is 4.79 Å². The molecular weight excluding hydrogens is 286 g/mol. The van der Waals surface area contributed by atoms with Gasteiger partial charge >= 0.3 is 5.97 Å². The number of hydrogen-bond acceptors (Lipinski definition) is 1. The molecule has 0 aliphatic carbocycles. The fourth-order valence-corrected chi connectivity index (χ4v) is 3.00. The fraction of sp³-hybridized carbons (Fsp3) is 0.118. The molecule has 0 spiro atoms. The Balaban J connectivity index is 2.27.